The molecular weight excluding hydrogens is 316 g/mol. The average molecular weight is 350 g/mol. The highest BCUT2D eigenvalue weighted by Gasteiger charge is 2.68. The van der Waals surface area contributed by atoms with Crippen LogP contribution in [0.15, 0.2) is 0 Å². The fourth-order valence-corrected chi connectivity index (χ4v) is 8.09. The maximum absolute atomic E-state index is 11.2. The monoisotopic (exact) mass is 350 g/mol. The van der Waals surface area contributed by atoms with Crippen LogP contribution in [0.2, 0.25) is 0 Å². The Morgan fingerprint density at radius 1 is 0.840 bits per heavy atom. The molecule has 4 saturated carbocycles. The lowest BCUT2D eigenvalue weighted by Crippen LogP contribution is -2.60. The predicted molar refractivity (Wildman–Crippen MR) is 93.8 cm³/mol. The second kappa shape index (κ2) is 5.43. The normalized spacial score (nSPS) is 57.1. The molecule has 4 unspecified atom stereocenters. The van der Waals surface area contributed by atoms with Gasteiger partial charge in [0.15, 0.2) is 5.79 Å². The van der Waals surface area contributed by atoms with E-state index in [-0.39, 0.29) is 28.8 Å². The summed E-state index contributed by atoms with van der Waals surface area (Å²) in [6.45, 7) is 6.27. The van der Waals surface area contributed by atoms with E-state index in [0.29, 0.717) is 23.7 Å². The third kappa shape index (κ3) is 2.09. The summed E-state index contributed by atoms with van der Waals surface area (Å²) in [6, 6.07) is 0. The van der Waals surface area contributed by atoms with Gasteiger partial charge in [0.1, 0.15) is 0 Å². The molecule has 0 radical (unpaired) electrons. The lowest BCUT2D eigenvalue weighted by Gasteiger charge is -2.62. The molecule has 1 spiro atoms. The number of aliphatic hydroxyl groups is 2. The van der Waals surface area contributed by atoms with Crippen LogP contribution < -0.4 is 0 Å². The van der Waals surface area contributed by atoms with Gasteiger partial charge in [-0.3, -0.25) is 0 Å². The van der Waals surface area contributed by atoms with Crippen LogP contribution >= 0.6 is 0 Å². The van der Waals surface area contributed by atoms with Crippen molar-refractivity contribution in [2.24, 2.45) is 34.5 Å². The molecule has 0 aromatic carbocycles. The van der Waals surface area contributed by atoms with E-state index in [1.807, 2.05) is 0 Å². The molecule has 4 aliphatic carbocycles. The van der Waals surface area contributed by atoms with Gasteiger partial charge in [-0.1, -0.05) is 13.8 Å². The van der Waals surface area contributed by atoms with E-state index in [4.69, 9.17) is 9.47 Å². The molecule has 5 rings (SSSR count). The van der Waals surface area contributed by atoms with Gasteiger partial charge in [-0.15, -0.1) is 0 Å². The van der Waals surface area contributed by atoms with Crippen LogP contribution in [0.25, 0.3) is 0 Å². The second-order valence-electron chi connectivity index (χ2n) is 10.2. The molecule has 5 fully saturated rings. The highest BCUT2D eigenvalue weighted by atomic mass is 16.7. The molecule has 0 aromatic rings. The molecule has 4 heteroatoms. The van der Waals surface area contributed by atoms with Gasteiger partial charge in [-0.2, -0.15) is 0 Å². The largest absolute Gasteiger partial charge is 0.393 e. The first-order chi connectivity index (χ1) is 11.9. The van der Waals surface area contributed by atoms with Crippen molar-refractivity contribution >= 4 is 0 Å². The Morgan fingerprint density at radius 2 is 1.56 bits per heavy atom. The number of ether oxygens (including phenoxy) is 2. The van der Waals surface area contributed by atoms with E-state index >= 15 is 0 Å². The van der Waals surface area contributed by atoms with Crippen LogP contribution in [0.4, 0.5) is 0 Å². The minimum atomic E-state index is -0.386. The van der Waals surface area contributed by atoms with Gasteiger partial charge in [0.2, 0.25) is 0 Å². The minimum absolute atomic E-state index is 0.0447. The molecule has 2 N–H and O–H groups in total. The van der Waals surface area contributed by atoms with Crippen LogP contribution in [0.5, 0.6) is 0 Å². The van der Waals surface area contributed by atoms with E-state index in [1.54, 1.807) is 0 Å². The number of rotatable bonds is 0. The Balaban J connectivity index is 1.49. The second-order valence-corrected chi connectivity index (χ2v) is 10.2. The lowest BCUT2D eigenvalue weighted by molar-refractivity contribution is -0.256. The van der Waals surface area contributed by atoms with Gasteiger partial charge in [0.05, 0.1) is 25.4 Å². The van der Waals surface area contributed by atoms with Gasteiger partial charge in [-0.25, -0.2) is 0 Å². The summed E-state index contributed by atoms with van der Waals surface area (Å²) in [6.07, 6.45) is 7.85. The van der Waals surface area contributed by atoms with Crippen molar-refractivity contribution in [2.75, 3.05) is 13.2 Å². The smallest absolute Gasteiger partial charge is 0.174 e. The summed E-state index contributed by atoms with van der Waals surface area (Å²) in [7, 11) is 0. The maximum Gasteiger partial charge on any atom is 0.174 e. The van der Waals surface area contributed by atoms with E-state index in [2.05, 4.69) is 13.8 Å². The molecule has 0 bridgehead atoms. The molecule has 1 aliphatic heterocycles. The molecule has 1 saturated heterocycles. The summed E-state index contributed by atoms with van der Waals surface area (Å²) < 4.78 is 12.4. The summed E-state index contributed by atoms with van der Waals surface area (Å²) in [4.78, 5) is 0. The molecule has 4 nitrogen and oxygen atoms in total. The molecule has 142 valence electrons. The summed E-state index contributed by atoms with van der Waals surface area (Å²) in [5.74, 6) is 1.56. The number of hydrogen-bond donors (Lipinski definition) is 2. The molecule has 25 heavy (non-hydrogen) atoms. The fourth-order valence-electron chi connectivity index (χ4n) is 8.09. The number of hydrogen-bond acceptors (Lipinski definition) is 4. The molecule has 5 aliphatic rings. The minimum Gasteiger partial charge on any atom is -0.393 e. The highest BCUT2D eigenvalue weighted by molar-refractivity contribution is 5.14. The SMILES string of the molecule is C[C@]12CCC3C(C(O)C[C@H]4C[C@H](O)CC[C@]34C)C1CCC21OCCO1. The Hall–Kier alpha value is -0.160. The Morgan fingerprint density at radius 3 is 2.32 bits per heavy atom. The van der Waals surface area contributed by atoms with Crippen molar-refractivity contribution in [3.05, 3.63) is 0 Å². The van der Waals surface area contributed by atoms with Gasteiger partial charge < -0.3 is 19.7 Å². The Labute approximate surface area is 151 Å². The van der Waals surface area contributed by atoms with Crippen LogP contribution in [0.3, 0.4) is 0 Å². The van der Waals surface area contributed by atoms with Gasteiger partial charge in [0.25, 0.3) is 0 Å². The predicted octanol–water partition coefficient (Wildman–Crippen LogP) is 3.10. The summed E-state index contributed by atoms with van der Waals surface area (Å²) in [5.41, 5.74) is 0.334. The standard InChI is InChI=1S/C21H34O4/c1-19-6-3-14(22)11-13(19)12-17(23)18-15(19)4-7-20(2)16(18)5-8-21(20)24-9-10-25-21/h13-18,22-23H,3-12H2,1-2H3/t13-,14-,15?,16?,17?,18?,19+,20+/m1/s1. The Bertz CT molecular complexity index is 544. The quantitative estimate of drug-likeness (QED) is 0.705. The first-order valence-electron chi connectivity index (χ1n) is 10.5. The third-order valence-corrected chi connectivity index (χ3v) is 9.45. The van der Waals surface area contributed by atoms with Gasteiger partial charge in [0, 0.05) is 11.8 Å². The number of aliphatic hydroxyl groups excluding tert-OH is 2. The highest BCUT2D eigenvalue weighted by Crippen LogP contribution is 2.69. The van der Waals surface area contributed by atoms with Crippen molar-refractivity contribution in [3.8, 4) is 0 Å². The van der Waals surface area contributed by atoms with Crippen molar-refractivity contribution in [3.63, 3.8) is 0 Å². The zero-order chi connectivity index (χ0) is 17.4. The van der Waals surface area contributed by atoms with Gasteiger partial charge >= 0.3 is 0 Å². The van der Waals surface area contributed by atoms with E-state index in [1.165, 1.54) is 6.42 Å². The van der Waals surface area contributed by atoms with Crippen LogP contribution in [0.1, 0.15) is 65.2 Å². The first kappa shape index (κ1) is 17.0. The molecular formula is C21H34O4. The lowest BCUT2D eigenvalue weighted by atomic mass is 9.44. The maximum atomic E-state index is 11.2. The van der Waals surface area contributed by atoms with Crippen LogP contribution in [0, 0.1) is 34.5 Å². The van der Waals surface area contributed by atoms with Crippen molar-refractivity contribution in [1.82, 2.24) is 0 Å². The fraction of sp³-hybridized carbons (Fsp3) is 1.00. The van der Waals surface area contributed by atoms with E-state index < -0.39 is 0 Å². The Kier molecular flexibility index (Phi) is 3.69. The summed E-state index contributed by atoms with van der Waals surface area (Å²) >= 11 is 0. The van der Waals surface area contributed by atoms with Crippen molar-refractivity contribution < 1.29 is 19.7 Å². The zero-order valence-electron chi connectivity index (χ0n) is 15.7. The van der Waals surface area contributed by atoms with Crippen LogP contribution in [-0.2, 0) is 9.47 Å². The average Bonchev–Trinajstić information content (AvgIpc) is 3.17. The third-order valence-electron chi connectivity index (χ3n) is 9.45. The topological polar surface area (TPSA) is 58.9 Å². The number of fused-ring (bicyclic) bond motifs is 6. The zero-order valence-corrected chi connectivity index (χ0v) is 15.7. The van der Waals surface area contributed by atoms with Crippen LogP contribution in [-0.4, -0.2) is 41.4 Å². The van der Waals surface area contributed by atoms with Gasteiger partial charge in [-0.05, 0) is 74.0 Å². The van der Waals surface area contributed by atoms with E-state index in [0.717, 1.165) is 58.2 Å². The molecule has 0 amide bonds. The van der Waals surface area contributed by atoms with Crippen molar-refractivity contribution in [2.45, 2.75) is 83.2 Å². The molecule has 8 atom stereocenters. The molecule has 1 heterocycles. The van der Waals surface area contributed by atoms with E-state index in [9.17, 15) is 10.2 Å². The first-order valence-corrected chi connectivity index (χ1v) is 10.5. The summed E-state index contributed by atoms with van der Waals surface area (Å²) in [5, 5.41) is 21.3. The molecule has 0 aromatic heterocycles. The van der Waals surface area contributed by atoms with Crippen molar-refractivity contribution in [1.29, 1.82) is 0 Å².